The molecule has 4 nitrogen and oxygen atoms in total. The fraction of sp³-hybridized carbons (Fsp3) is 0.125. The van der Waals surface area contributed by atoms with Crippen LogP contribution in [0.3, 0.4) is 0 Å². The van der Waals surface area contributed by atoms with Gasteiger partial charge in [-0.05, 0) is 12.1 Å². The molecule has 0 aliphatic carbocycles. The Bertz CT molecular complexity index is 407. The van der Waals surface area contributed by atoms with Crippen LogP contribution in [0.5, 0.6) is 0 Å². The van der Waals surface area contributed by atoms with Crippen LogP contribution in [0.4, 0.5) is 0 Å². The third-order valence-corrected chi connectivity index (χ3v) is 1.71. The lowest BCUT2D eigenvalue weighted by Crippen LogP contribution is -1.95. The van der Waals surface area contributed by atoms with Crippen LogP contribution in [0.1, 0.15) is 5.69 Å². The van der Waals surface area contributed by atoms with Gasteiger partial charge in [0.05, 0.1) is 0 Å². The molecular weight excluding hydrogens is 154 g/mol. The zero-order valence-corrected chi connectivity index (χ0v) is 6.34. The molecular formula is C8H7N3O. The van der Waals surface area contributed by atoms with Crippen LogP contribution in [0.25, 0.3) is 5.65 Å². The van der Waals surface area contributed by atoms with E-state index in [1.807, 2.05) is 18.2 Å². The monoisotopic (exact) mass is 161 g/mol. The van der Waals surface area contributed by atoms with Crippen LogP contribution in [-0.2, 0) is 11.2 Å². The van der Waals surface area contributed by atoms with Crippen LogP contribution in [0.2, 0.25) is 0 Å². The number of aromatic nitrogens is 3. The first-order chi connectivity index (χ1) is 5.92. The normalized spacial score (nSPS) is 10.3. The van der Waals surface area contributed by atoms with Crippen LogP contribution < -0.4 is 0 Å². The summed E-state index contributed by atoms with van der Waals surface area (Å²) in [7, 11) is 0. The molecule has 4 heteroatoms. The summed E-state index contributed by atoms with van der Waals surface area (Å²) in [5.74, 6) is 0. The van der Waals surface area contributed by atoms with Gasteiger partial charge in [-0.2, -0.15) is 0 Å². The average Bonchev–Trinajstić information content (AvgIpc) is 2.53. The standard InChI is InChI=1S/C8H7N3O/c12-5-4-7-2-1-3-8-10-9-6-11(7)8/h1-3,5-6H,4H2. The Morgan fingerprint density at radius 3 is 3.25 bits per heavy atom. The van der Waals surface area contributed by atoms with E-state index in [2.05, 4.69) is 10.2 Å². The Hall–Kier alpha value is -1.71. The minimum absolute atomic E-state index is 0.398. The SMILES string of the molecule is O=CCc1cccc2nncn12. The topological polar surface area (TPSA) is 47.3 Å². The number of hydrogen-bond acceptors (Lipinski definition) is 3. The Morgan fingerprint density at radius 1 is 1.50 bits per heavy atom. The molecule has 0 N–H and O–H groups in total. The van der Waals surface area contributed by atoms with Gasteiger partial charge in [-0.15, -0.1) is 10.2 Å². The summed E-state index contributed by atoms with van der Waals surface area (Å²) in [5.41, 5.74) is 1.68. The molecule has 0 unspecified atom stereocenters. The predicted octanol–water partition coefficient (Wildman–Crippen LogP) is 0.471. The van der Waals surface area contributed by atoms with Crippen molar-refractivity contribution in [3.63, 3.8) is 0 Å². The lowest BCUT2D eigenvalue weighted by Gasteiger charge is -1.97. The van der Waals surface area contributed by atoms with Crippen molar-refractivity contribution in [1.29, 1.82) is 0 Å². The van der Waals surface area contributed by atoms with E-state index in [-0.39, 0.29) is 0 Å². The second-order valence-electron chi connectivity index (χ2n) is 2.45. The van der Waals surface area contributed by atoms with Crippen LogP contribution in [0.15, 0.2) is 24.5 Å². The van der Waals surface area contributed by atoms with E-state index in [1.54, 1.807) is 10.7 Å². The number of carbonyl (C=O) groups is 1. The molecule has 0 amide bonds. The summed E-state index contributed by atoms with van der Waals surface area (Å²) < 4.78 is 1.80. The van der Waals surface area contributed by atoms with Crippen LogP contribution in [0, 0.1) is 0 Å². The molecule has 2 aromatic rings. The highest BCUT2D eigenvalue weighted by Crippen LogP contribution is 2.03. The molecule has 0 spiro atoms. The highest BCUT2D eigenvalue weighted by molar-refractivity contribution is 5.55. The predicted molar refractivity (Wildman–Crippen MR) is 42.8 cm³/mol. The smallest absolute Gasteiger partial charge is 0.160 e. The fourth-order valence-corrected chi connectivity index (χ4v) is 1.16. The summed E-state index contributed by atoms with van der Waals surface area (Å²) in [4.78, 5) is 10.3. The first kappa shape index (κ1) is 6.97. The fourth-order valence-electron chi connectivity index (χ4n) is 1.16. The van der Waals surface area contributed by atoms with Crippen molar-refractivity contribution in [1.82, 2.24) is 14.6 Å². The van der Waals surface area contributed by atoms with E-state index >= 15 is 0 Å². The summed E-state index contributed by atoms with van der Waals surface area (Å²) in [6.45, 7) is 0. The molecule has 0 radical (unpaired) electrons. The third kappa shape index (κ3) is 0.972. The minimum atomic E-state index is 0.398. The number of hydrogen-bond donors (Lipinski definition) is 0. The molecule has 0 saturated heterocycles. The van der Waals surface area contributed by atoms with Gasteiger partial charge in [0.2, 0.25) is 0 Å². The lowest BCUT2D eigenvalue weighted by molar-refractivity contribution is -0.107. The first-order valence-corrected chi connectivity index (χ1v) is 3.63. The van der Waals surface area contributed by atoms with E-state index in [1.165, 1.54) is 0 Å². The zero-order chi connectivity index (χ0) is 8.39. The first-order valence-electron chi connectivity index (χ1n) is 3.63. The molecule has 12 heavy (non-hydrogen) atoms. The number of rotatable bonds is 2. The third-order valence-electron chi connectivity index (χ3n) is 1.71. The van der Waals surface area contributed by atoms with Gasteiger partial charge in [0, 0.05) is 12.1 Å². The molecule has 0 aromatic carbocycles. The zero-order valence-electron chi connectivity index (χ0n) is 6.34. The van der Waals surface area contributed by atoms with E-state index in [0.29, 0.717) is 6.42 Å². The lowest BCUT2D eigenvalue weighted by atomic mass is 10.3. The van der Waals surface area contributed by atoms with Gasteiger partial charge in [0.25, 0.3) is 0 Å². The maximum absolute atomic E-state index is 10.3. The number of nitrogens with zero attached hydrogens (tertiary/aromatic N) is 3. The van der Waals surface area contributed by atoms with Gasteiger partial charge in [-0.25, -0.2) is 0 Å². The van der Waals surface area contributed by atoms with Crippen molar-refractivity contribution < 1.29 is 4.79 Å². The Labute approximate surface area is 68.8 Å². The summed E-state index contributed by atoms with van der Waals surface area (Å²) in [5, 5.41) is 7.60. The molecule has 0 bridgehead atoms. The highest BCUT2D eigenvalue weighted by Gasteiger charge is 1.98. The molecule has 0 aliphatic heterocycles. The maximum atomic E-state index is 10.3. The van der Waals surface area contributed by atoms with Crippen molar-refractivity contribution in [2.45, 2.75) is 6.42 Å². The number of fused-ring (bicyclic) bond motifs is 1. The minimum Gasteiger partial charge on any atom is -0.303 e. The van der Waals surface area contributed by atoms with Gasteiger partial charge < -0.3 is 4.79 Å². The van der Waals surface area contributed by atoms with E-state index in [0.717, 1.165) is 17.6 Å². The molecule has 0 fully saturated rings. The number of carbonyl (C=O) groups excluding carboxylic acids is 1. The largest absolute Gasteiger partial charge is 0.303 e. The van der Waals surface area contributed by atoms with E-state index in [4.69, 9.17) is 0 Å². The quantitative estimate of drug-likeness (QED) is 0.601. The molecule has 60 valence electrons. The van der Waals surface area contributed by atoms with Gasteiger partial charge in [-0.3, -0.25) is 4.40 Å². The van der Waals surface area contributed by atoms with Crippen LogP contribution in [-0.4, -0.2) is 20.9 Å². The van der Waals surface area contributed by atoms with E-state index < -0.39 is 0 Å². The second kappa shape index (κ2) is 2.73. The molecule has 2 heterocycles. The van der Waals surface area contributed by atoms with Crippen molar-refractivity contribution >= 4 is 11.9 Å². The molecule has 2 aromatic heterocycles. The Morgan fingerprint density at radius 2 is 2.42 bits per heavy atom. The summed E-state index contributed by atoms with van der Waals surface area (Å²) in [6, 6.07) is 5.59. The maximum Gasteiger partial charge on any atom is 0.160 e. The summed E-state index contributed by atoms with van der Waals surface area (Å²) >= 11 is 0. The van der Waals surface area contributed by atoms with Gasteiger partial charge in [0.15, 0.2) is 5.65 Å². The number of pyridine rings is 1. The second-order valence-corrected chi connectivity index (χ2v) is 2.45. The Kier molecular flexibility index (Phi) is 1.59. The molecule has 2 rings (SSSR count). The van der Waals surface area contributed by atoms with Crippen molar-refractivity contribution in [2.75, 3.05) is 0 Å². The van der Waals surface area contributed by atoms with Gasteiger partial charge >= 0.3 is 0 Å². The molecule has 0 aliphatic rings. The Balaban J connectivity index is 2.65. The molecule has 0 atom stereocenters. The van der Waals surface area contributed by atoms with Crippen molar-refractivity contribution in [3.05, 3.63) is 30.2 Å². The number of aldehydes is 1. The van der Waals surface area contributed by atoms with Gasteiger partial charge in [-0.1, -0.05) is 6.07 Å². The van der Waals surface area contributed by atoms with Crippen LogP contribution >= 0.6 is 0 Å². The summed E-state index contributed by atoms with van der Waals surface area (Å²) in [6.07, 6.45) is 2.87. The molecule has 0 saturated carbocycles. The van der Waals surface area contributed by atoms with Gasteiger partial charge in [0.1, 0.15) is 12.6 Å². The highest BCUT2D eigenvalue weighted by atomic mass is 16.1. The van der Waals surface area contributed by atoms with Crippen molar-refractivity contribution in [2.24, 2.45) is 0 Å². The van der Waals surface area contributed by atoms with Crippen molar-refractivity contribution in [3.8, 4) is 0 Å². The average molecular weight is 161 g/mol. The van der Waals surface area contributed by atoms with E-state index in [9.17, 15) is 4.79 Å².